The number of hydrogen-bond donors (Lipinski definition) is 1. The van der Waals surface area contributed by atoms with E-state index in [4.69, 9.17) is 0 Å². The van der Waals surface area contributed by atoms with Crippen molar-refractivity contribution < 1.29 is 13.6 Å². The quantitative estimate of drug-likeness (QED) is 0.333. The molecule has 5 heterocycles. The summed E-state index contributed by atoms with van der Waals surface area (Å²) in [5, 5.41) is 9.49. The first kappa shape index (κ1) is 22.3. The van der Waals surface area contributed by atoms with Crippen LogP contribution in [0.5, 0.6) is 0 Å². The maximum absolute atomic E-state index is 14.5. The van der Waals surface area contributed by atoms with Crippen LogP contribution in [-0.2, 0) is 0 Å². The maximum atomic E-state index is 14.5. The maximum Gasteiger partial charge on any atom is 0.261 e. The minimum absolute atomic E-state index is 0.287. The SMILES string of the molecule is O=C(Nc1nc(-c2cccnc2)cs1)c1cnn2ccc(N3CCCC3c3cc(F)ccc3F)cc12. The Morgan fingerprint density at radius 3 is 2.92 bits per heavy atom. The molecular weight excluding hydrogens is 482 g/mol. The number of anilines is 2. The summed E-state index contributed by atoms with van der Waals surface area (Å²) in [7, 11) is 0. The lowest BCUT2D eigenvalue weighted by molar-refractivity contribution is 0.102. The van der Waals surface area contributed by atoms with Crippen molar-refractivity contribution in [2.24, 2.45) is 0 Å². The number of nitrogens with one attached hydrogen (secondary N) is 1. The Hall–Kier alpha value is -4.18. The molecule has 1 atom stereocenters. The molecule has 10 heteroatoms. The minimum Gasteiger partial charge on any atom is -0.364 e. The summed E-state index contributed by atoms with van der Waals surface area (Å²) in [6, 6.07) is 10.7. The van der Waals surface area contributed by atoms with Gasteiger partial charge in [0.05, 0.1) is 29.0 Å². The molecule has 1 amide bonds. The van der Waals surface area contributed by atoms with Crippen molar-refractivity contribution in [2.75, 3.05) is 16.8 Å². The van der Waals surface area contributed by atoms with Crippen LogP contribution in [0.3, 0.4) is 0 Å². The number of carbonyl (C=O) groups excluding carboxylic acids is 1. The van der Waals surface area contributed by atoms with Gasteiger partial charge in [-0.2, -0.15) is 5.10 Å². The fraction of sp³-hybridized carbons (Fsp3) is 0.154. The van der Waals surface area contributed by atoms with E-state index < -0.39 is 11.6 Å². The Bertz CT molecular complexity index is 1570. The lowest BCUT2D eigenvalue weighted by atomic mass is 10.0. The van der Waals surface area contributed by atoms with Crippen LogP contribution in [0.2, 0.25) is 0 Å². The van der Waals surface area contributed by atoms with E-state index in [-0.39, 0.29) is 11.9 Å². The molecular formula is C26H20F2N6OS. The Kier molecular flexibility index (Phi) is 5.65. The van der Waals surface area contributed by atoms with Crippen molar-refractivity contribution in [1.82, 2.24) is 19.6 Å². The molecule has 1 aromatic carbocycles. The third-order valence-corrected chi connectivity index (χ3v) is 7.09. The predicted molar refractivity (Wildman–Crippen MR) is 134 cm³/mol. The Labute approximate surface area is 209 Å². The molecule has 7 nitrogen and oxygen atoms in total. The molecule has 4 aromatic heterocycles. The van der Waals surface area contributed by atoms with Crippen LogP contribution in [-0.4, -0.2) is 32.0 Å². The highest BCUT2D eigenvalue weighted by atomic mass is 32.1. The largest absolute Gasteiger partial charge is 0.364 e. The fourth-order valence-corrected chi connectivity index (χ4v) is 5.35. The topological polar surface area (TPSA) is 75.4 Å². The zero-order valence-electron chi connectivity index (χ0n) is 18.9. The van der Waals surface area contributed by atoms with E-state index >= 15 is 0 Å². The second-order valence-corrected chi connectivity index (χ2v) is 9.38. The number of nitrogens with zero attached hydrogens (tertiary/aromatic N) is 5. The predicted octanol–water partition coefficient (Wildman–Crippen LogP) is 5.72. The molecule has 1 saturated heterocycles. The Balaban J connectivity index is 1.28. The lowest BCUT2D eigenvalue weighted by Gasteiger charge is -2.27. The average Bonchev–Trinajstić information content (AvgIpc) is 3.65. The molecule has 6 rings (SSSR count). The number of halogens is 2. The zero-order valence-corrected chi connectivity index (χ0v) is 19.8. The van der Waals surface area contributed by atoms with Gasteiger partial charge >= 0.3 is 0 Å². The number of hydrogen-bond acceptors (Lipinski definition) is 6. The first-order valence-corrected chi connectivity index (χ1v) is 12.3. The summed E-state index contributed by atoms with van der Waals surface area (Å²) in [6.45, 7) is 0.697. The molecule has 180 valence electrons. The van der Waals surface area contributed by atoms with Crippen LogP contribution in [0, 0.1) is 11.6 Å². The summed E-state index contributed by atoms with van der Waals surface area (Å²) >= 11 is 1.33. The third kappa shape index (κ3) is 4.09. The zero-order chi connectivity index (χ0) is 24.6. The summed E-state index contributed by atoms with van der Waals surface area (Å²) in [4.78, 5) is 23.8. The van der Waals surface area contributed by atoms with E-state index in [0.717, 1.165) is 29.4 Å². The number of rotatable bonds is 5. The van der Waals surface area contributed by atoms with Crippen LogP contribution < -0.4 is 10.2 Å². The van der Waals surface area contributed by atoms with Gasteiger partial charge in [0.25, 0.3) is 5.91 Å². The minimum atomic E-state index is -0.461. The molecule has 1 aliphatic heterocycles. The van der Waals surface area contributed by atoms with Crippen LogP contribution in [0.4, 0.5) is 19.6 Å². The van der Waals surface area contributed by atoms with Crippen molar-refractivity contribution in [3.8, 4) is 11.3 Å². The summed E-state index contributed by atoms with van der Waals surface area (Å²) in [5.74, 6) is -1.21. The summed E-state index contributed by atoms with van der Waals surface area (Å²) in [6.07, 6.45) is 8.25. The molecule has 0 bridgehead atoms. The van der Waals surface area contributed by atoms with Gasteiger partial charge in [0.1, 0.15) is 11.6 Å². The van der Waals surface area contributed by atoms with E-state index in [0.29, 0.717) is 34.7 Å². The molecule has 0 saturated carbocycles. The molecule has 1 N–H and O–H groups in total. The Morgan fingerprint density at radius 2 is 2.06 bits per heavy atom. The molecule has 0 aliphatic carbocycles. The van der Waals surface area contributed by atoms with Gasteiger partial charge in [-0.15, -0.1) is 11.3 Å². The first-order chi connectivity index (χ1) is 17.6. The smallest absolute Gasteiger partial charge is 0.261 e. The van der Waals surface area contributed by atoms with Crippen molar-refractivity contribution in [3.63, 3.8) is 0 Å². The van der Waals surface area contributed by atoms with Gasteiger partial charge in [-0.25, -0.2) is 18.3 Å². The highest BCUT2D eigenvalue weighted by Crippen LogP contribution is 2.38. The van der Waals surface area contributed by atoms with E-state index in [1.54, 1.807) is 23.1 Å². The lowest BCUT2D eigenvalue weighted by Crippen LogP contribution is -2.23. The van der Waals surface area contributed by atoms with Crippen molar-refractivity contribution >= 4 is 33.6 Å². The number of amides is 1. The highest BCUT2D eigenvalue weighted by Gasteiger charge is 2.29. The molecule has 1 fully saturated rings. The fourth-order valence-electron chi connectivity index (χ4n) is 4.63. The molecule has 1 aliphatic rings. The van der Waals surface area contributed by atoms with Crippen molar-refractivity contribution in [2.45, 2.75) is 18.9 Å². The van der Waals surface area contributed by atoms with Gasteiger partial charge in [0.2, 0.25) is 0 Å². The van der Waals surface area contributed by atoms with E-state index in [9.17, 15) is 13.6 Å². The summed E-state index contributed by atoms with van der Waals surface area (Å²) < 4.78 is 30.0. The number of carbonyl (C=O) groups is 1. The monoisotopic (exact) mass is 502 g/mol. The molecule has 0 spiro atoms. The van der Waals surface area contributed by atoms with Gasteiger partial charge in [0, 0.05) is 47.3 Å². The van der Waals surface area contributed by atoms with Crippen LogP contribution in [0.25, 0.3) is 16.8 Å². The van der Waals surface area contributed by atoms with Crippen LogP contribution in [0.15, 0.2) is 72.6 Å². The van der Waals surface area contributed by atoms with E-state index in [1.165, 1.54) is 29.7 Å². The number of thiazole rings is 1. The highest BCUT2D eigenvalue weighted by molar-refractivity contribution is 7.14. The number of fused-ring (bicyclic) bond motifs is 1. The van der Waals surface area contributed by atoms with E-state index in [1.807, 2.05) is 34.5 Å². The first-order valence-electron chi connectivity index (χ1n) is 11.4. The van der Waals surface area contributed by atoms with Crippen molar-refractivity contribution in [1.29, 1.82) is 0 Å². The van der Waals surface area contributed by atoms with Gasteiger partial charge in [0.15, 0.2) is 5.13 Å². The van der Waals surface area contributed by atoms with Gasteiger partial charge in [-0.05, 0) is 55.3 Å². The van der Waals surface area contributed by atoms with Gasteiger partial charge in [-0.1, -0.05) is 0 Å². The van der Waals surface area contributed by atoms with Crippen LogP contribution in [0.1, 0.15) is 34.8 Å². The van der Waals surface area contributed by atoms with Gasteiger partial charge in [-0.3, -0.25) is 15.1 Å². The average molecular weight is 503 g/mol. The van der Waals surface area contributed by atoms with Crippen molar-refractivity contribution in [3.05, 3.63) is 95.4 Å². The normalized spacial score (nSPS) is 15.5. The Morgan fingerprint density at radius 1 is 1.14 bits per heavy atom. The second kappa shape index (κ2) is 9.12. The standard InChI is InChI=1S/C26H20F2N6OS/c27-17-5-6-21(28)19(11-17)23-4-2-9-33(23)18-7-10-34-24(12-18)20(14-30-34)25(35)32-26-31-22(15-36-26)16-3-1-8-29-13-16/h1,3,5-8,10-15,23H,2,4,9H2,(H,31,32,35). The molecule has 0 radical (unpaired) electrons. The second-order valence-electron chi connectivity index (χ2n) is 8.52. The van der Waals surface area contributed by atoms with E-state index in [2.05, 4.69) is 20.4 Å². The number of pyridine rings is 2. The summed E-state index contributed by atoms with van der Waals surface area (Å²) in [5.41, 5.74) is 3.76. The van der Waals surface area contributed by atoms with Gasteiger partial charge < -0.3 is 4.90 Å². The van der Waals surface area contributed by atoms with Crippen LogP contribution >= 0.6 is 11.3 Å². The molecule has 1 unspecified atom stereocenters. The molecule has 36 heavy (non-hydrogen) atoms. The number of aromatic nitrogens is 4. The molecule has 5 aromatic rings. The number of benzene rings is 1. The third-order valence-electron chi connectivity index (χ3n) is 6.33.